The largest absolute Gasteiger partial charge is 0.388 e. The Hall–Kier alpha value is -1.49. The van der Waals surface area contributed by atoms with E-state index in [4.69, 9.17) is 17.3 Å². The summed E-state index contributed by atoms with van der Waals surface area (Å²) >= 11 is 6.01. The highest BCUT2D eigenvalue weighted by molar-refractivity contribution is 6.31. The maximum absolute atomic E-state index is 14.0. The molecule has 0 aromatic heterocycles. The quantitative estimate of drug-likeness (QED) is 0.904. The van der Waals surface area contributed by atoms with Crippen LogP contribution in [-0.2, 0) is 0 Å². The Balaban J connectivity index is 2.48. The molecule has 0 fully saturated rings. The Labute approximate surface area is 127 Å². The van der Waals surface area contributed by atoms with E-state index in [2.05, 4.69) is 0 Å². The molecule has 0 aliphatic rings. The molecular formula is C16H16ClF2NO. The first-order chi connectivity index (χ1) is 9.95. The summed E-state index contributed by atoms with van der Waals surface area (Å²) in [5.74, 6) is -1.95. The fourth-order valence-electron chi connectivity index (χ4n) is 2.38. The van der Waals surface area contributed by atoms with E-state index >= 15 is 0 Å². The lowest BCUT2D eigenvalue weighted by molar-refractivity contribution is 0.141. The van der Waals surface area contributed by atoms with Crippen LogP contribution >= 0.6 is 11.6 Å². The lowest BCUT2D eigenvalue weighted by Crippen LogP contribution is -2.22. The average molecular weight is 312 g/mol. The number of aryl methyl sites for hydroxylation is 1. The summed E-state index contributed by atoms with van der Waals surface area (Å²) in [7, 11) is 0. The van der Waals surface area contributed by atoms with E-state index in [1.54, 1.807) is 13.0 Å². The SMILES string of the molecule is Cc1ccc(F)c(C(O)C(CN)c2c(F)cccc2Cl)c1. The van der Waals surface area contributed by atoms with E-state index in [1.807, 2.05) is 0 Å². The molecule has 2 rings (SSSR count). The van der Waals surface area contributed by atoms with Crippen LogP contribution in [0.4, 0.5) is 8.78 Å². The molecule has 3 N–H and O–H groups in total. The first-order valence-electron chi connectivity index (χ1n) is 6.53. The van der Waals surface area contributed by atoms with Gasteiger partial charge in [-0.1, -0.05) is 35.4 Å². The Kier molecular flexibility index (Phi) is 4.93. The van der Waals surface area contributed by atoms with Crippen molar-refractivity contribution < 1.29 is 13.9 Å². The van der Waals surface area contributed by atoms with Crippen molar-refractivity contribution in [3.8, 4) is 0 Å². The summed E-state index contributed by atoms with van der Waals surface area (Å²) in [6.07, 6.45) is -1.27. The van der Waals surface area contributed by atoms with Crippen molar-refractivity contribution in [1.82, 2.24) is 0 Å². The molecule has 0 saturated carbocycles. The monoisotopic (exact) mass is 311 g/mol. The molecule has 2 atom stereocenters. The van der Waals surface area contributed by atoms with E-state index in [-0.39, 0.29) is 22.7 Å². The predicted octanol–water partition coefficient (Wildman–Crippen LogP) is 3.70. The number of rotatable bonds is 4. The van der Waals surface area contributed by atoms with Gasteiger partial charge in [0.05, 0.1) is 6.10 Å². The van der Waals surface area contributed by atoms with Crippen molar-refractivity contribution in [3.63, 3.8) is 0 Å². The molecule has 0 spiro atoms. The summed E-state index contributed by atoms with van der Waals surface area (Å²) < 4.78 is 27.9. The molecule has 0 radical (unpaired) electrons. The molecule has 0 amide bonds. The van der Waals surface area contributed by atoms with Crippen LogP contribution in [0.3, 0.4) is 0 Å². The topological polar surface area (TPSA) is 46.2 Å². The second-order valence-corrected chi connectivity index (χ2v) is 5.35. The van der Waals surface area contributed by atoms with Gasteiger partial charge in [0.25, 0.3) is 0 Å². The van der Waals surface area contributed by atoms with Crippen LogP contribution in [0.25, 0.3) is 0 Å². The number of hydrogen-bond donors (Lipinski definition) is 2. The maximum Gasteiger partial charge on any atom is 0.129 e. The molecule has 2 nitrogen and oxygen atoms in total. The smallest absolute Gasteiger partial charge is 0.129 e. The number of aliphatic hydroxyl groups excluding tert-OH is 1. The lowest BCUT2D eigenvalue weighted by Gasteiger charge is -2.24. The van der Waals surface area contributed by atoms with E-state index < -0.39 is 23.7 Å². The minimum Gasteiger partial charge on any atom is -0.388 e. The van der Waals surface area contributed by atoms with Crippen LogP contribution in [0, 0.1) is 18.6 Å². The fraction of sp³-hybridized carbons (Fsp3) is 0.250. The van der Waals surface area contributed by atoms with Gasteiger partial charge >= 0.3 is 0 Å². The highest BCUT2D eigenvalue weighted by atomic mass is 35.5. The normalized spacial score (nSPS) is 14.0. The molecule has 0 saturated heterocycles. The van der Waals surface area contributed by atoms with Gasteiger partial charge in [-0.15, -0.1) is 0 Å². The van der Waals surface area contributed by atoms with Crippen LogP contribution in [0.5, 0.6) is 0 Å². The summed E-state index contributed by atoms with van der Waals surface area (Å²) in [5, 5.41) is 10.6. The van der Waals surface area contributed by atoms with Gasteiger partial charge in [0.2, 0.25) is 0 Å². The third kappa shape index (κ3) is 3.23. The number of halogens is 3. The average Bonchev–Trinajstić information content (AvgIpc) is 2.45. The van der Waals surface area contributed by atoms with Crippen molar-refractivity contribution in [3.05, 3.63) is 69.7 Å². The summed E-state index contributed by atoms with van der Waals surface area (Å²) in [6.45, 7) is 1.72. The van der Waals surface area contributed by atoms with E-state index in [0.717, 1.165) is 5.56 Å². The zero-order chi connectivity index (χ0) is 15.6. The molecule has 0 bridgehead atoms. The van der Waals surface area contributed by atoms with Crippen molar-refractivity contribution >= 4 is 11.6 Å². The fourth-order valence-corrected chi connectivity index (χ4v) is 2.68. The zero-order valence-corrected chi connectivity index (χ0v) is 12.2. The van der Waals surface area contributed by atoms with Gasteiger partial charge in [-0.25, -0.2) is 8.78 Å². The molecule has 0 aliphatic carbocycles. The van der Waals surface area contributed by atoms with Gasteiger partial charge in [-0.3, -0.25) is 0 Å². The van der Waals surface area contributed by atoms with E-state index in [9.17, 15) is 13.9 Å². The van der Waals surface area contributed by atoms with Crippen molar-refractivity contribution in [2.75, 3.05) is 6.54 Å². The molecule has 112 valence electrons. The van der Waals surface area contributed by atoms with Crippen LogP contribution in [0.15, 0.2) is 36.4 Å². The lowest BCUT2D eigenvalue weighted by atomic mass is 9.88. The number of hydrogen-bond acceptors (Lipinski definition) is 2. The van der Waals surface area contributed by atoms with Crippen molar-refractivity contribution in [1.29, 1.82) is 0 Å². The van der Waals surface area contributed by atoms with Crippen LogP contribution < -0.4 is 5.73 Å². The van der Waals surface area contributed by atoms with Crippen LogP contribution in [0.1, 0.15) is 28.7 Å². The van der Waals surface area contributed by atoms with E-state index in [0.29, 0.717) is 0 Å². The molecule has 0 aliphatic heterocycles. The molecule has 2 aromatic carbocycles. The van der Waals surface area contributed by atoms with Crippen LogP contribution in [-0.4, -0.2) is 11.7 Å². The summed E-state index contributed by atoms with van der Waals surface area (Å²) in [4.78, 5) is 0. The molecule has 2 aromatic rings. The Morgan fingerprint density at radius 3 is 2.52 bits per heavy atom. The molecule has 2 unspecified atom stereocenters. The van der Waals surface area contributed by atoms with Gasteiger partial charge in [-0.05, 0) is 25.1 Å². The first-order valence-corrected chi connectivity index (χ1v) is 6.91. The standard InChI is InChI=1S/C16H16ClF2NO/c1-9-5-6-13(18)10(7-9)16(21)11(8-20)15-12(17)3-2-4-14(15)19/h2-7,11,16,21H,8,20H2,1H3. The molecular weight excluding hydrogens is 296 g/mol. The van der Waals surface area contributed by atoms with Gasteiger partial charge in [0, 0.05) is 28.6 Å². The Morgan fingerprint density at radius 2 is 1.90 bits per heavy atom. The molecule has 21 heavy (non-hydrogen) atoms. The highest BCUT2D eigenvalue weighted by Gasteiger charge is 2.28. The van der Waals surface area contributed by atoms with Gasteiger partial charge in [0.15, 0.2) is 0 Å². The Morgan fingerprint density at radius 1 is 1.19 bits per heavy atom. The third-order valence-corrected chi connectivity index (χ3v) is 3.81. The summed E-state index contributed by atoms with van der Waals surface area (Å²) in [5.41, 5.74) is 6.65. The van der Waals surface area contributed by atoms with Crippen molar-refractivity contribution in [2.45, 2.75) is 18.9 Å². The molecule has 0 heterocycles. The number of nitrogens with two attached hydrogens (primary N) is 1. The van der Waals surface area contributed by atoms with Gasteiger partial charge in [-0.2, -0.15) is 0 Å². The van der Waals surface area contributed by atoms with E-state index in [1.165, 1.54) is 30.3 Å². The van der Waals surface area contributed by atoms with Crippen molar-refractivity contribution in [2.24, 2.45) is 5.73 Å². The predicted molar refractivity (Wildman–Crippen MR) is 79.3 cm³/mol. The van der Waals surface area contributed by atoms with Crippen LogP contribution in [0.2, 0.25) is 5.02 Å². The van der Waals surface area contributed by atoms with Gasteiger partial charge in [0.1, 0.15) is 11.6 Å². The summed E-state index contributed by atoms with van der Waals surface area (Å²) in [6, 6.07) is 8.61. The second-order valence-electron chi connectivity index (χ2n) is 4.95. The Bertz CT molecular complexity index is 628. The first kappa shape index (κ1) is 15.9. The maximum atomic E-state index is 14.0. The molecule has 5 heteroatoms. The van der Waals surface area contributed by atoms with Gasteiger partial charge < -0.3 is 10.8 Å². The highest BCUT2D eigenvalue weighted by Crippen LogP contribution is 2.36. The zero-order valence-electron chi connectivity index (χ0n) is 11.5. The number of benzene rings is 2. The third-order valence-electron chi connectivity index (χ3n) is 3.48. The number of aliphatic hydroxyl groups is 1. The second kappa shape index (κ2) is 6.52. The minimum atomic E-state index is -1.27. The minimum absolute atomic E-state index is 0.0603.